The van der Waals surface area contributed by atoms with Crippen molar-refractivity contribution in [1.29, 1.82) is 0 Å². The molecule has 0 saturated heterocycles. The first-order valence-corrected chi connectivity index (χ1v) is 10.1. The molecule has 2 rings (SSSR count). The monoisotopic (exact) mass is 371 g/mol. The maximum Gasteiger partial charge on any atom is 0.237 e. The Labute approximate surface area is 142 Å². The normalized spacial score (nSPS) is 12.6. The Morgan fingerprint density at radius 1 is 1.17 bits per heavy atom. The van der Waals surface area contributed by atoms with Crippen molar-refractivity contribution >= 4 is 43.8 Å². The van der Waals surface area contributed by atoms with E-state index in [0.29, 0.717) is 15.6 Å². The molecular weight excluding hydrogens is 358 g/mol. The summed E-state index contributed by atoms with van der Waals surface area (Å²) in [6.07, 6.45) is 1.11. The van der Waals surface area contributed by atoms with Crippen LogP contribution in [0.4, 0.5) is 5.69 Å². The van der Waals surface area contributed by atoms with Crippen LogP contribution >= 0.6 is 11.6 Å². The molecule has 5 nitrogen and oxygen atoms in total. The third-order valence-corrected chi connectivity index (χ3v) is 5.56. The van der Waals surface area contributed by atoms with Crippen LogP contribution in [-0.2, 0) is 25.4 Å². The highest BCUT2D eigenvalue weighted by Crippen LogP contribution is 2.16. The van der Waals surface area contributed by atoms with E-state index in [4.69, 9.17) is 11.6 Å². The first-order valence-electron chi connectivity index (χ1n) is 6.49. The van der Waals surface area contributed by atoms with Gasteiger partial charge in [-0.3, -0.25) is 9.00 Å². The molecule has 0 spiro atoms. The highest BCUT2D eigenvalue weighted by Gasteiger charge is 2.12. The first kappa shape index (κ1) is 17.7. The van der Waals surface area contributed by atoms with Gasteiger partial charge in [-0.25, -0.2) is 8.42 Å². The van der Waals surface area contributed by atoms with Gasteiger partial charge < -0.3 is 5.32 Å². The predicted molar refractivity (Wildman–Crippen MR) is 90.9 cm³/mol. The molecular formula is C15H14ClNO4S2. The SMILES string of the molecule is CS(=O)(=O)c1ccc(NC(=O)C[S@](=O)c2cccc(Cl)c2)cc1. The number of halogens is 1. The molecule has 8 heteroatoms. The number of hydrogen-bond donors (Lipinski definition) is 1. The van der Waals surface area contributed by atoms with Gasteiger partial charge >= 0.3 is 0 Å². The minimum Gasteiger partial charge on any atom is -0.325 e. The molecule has 0 aliphatic carbocycles. The summed E-state index contributed by atoms with van der Waals surface area (Å²) >= 11 is 5.82. The molecule has 1 atom stereocenters. The average molecular weight is 372 g/mol. The molecule has 0 aliphatic heterocycles. The lowest BCUT2D eigenvalue weighted by Crippen LogP contribution is -2.19. The molecule has 0 heterocycles. The third kappa shape index (κ3) is 5.16. The van der Waals surface area contributed by atoms with E-state index < -0.39 is 26.5 Å². The van der Waals surface area contributed by atoms with E-state index in [2.05, 4.69) is 5.32 Å². The van der Waals surface area contributed by atoms with Gasteiger partial charge in [0.05, 0.1) is 15.7 Å². The van der Waals surface area contributed by atoms with Crippen LogP contribution in [0.25, 0.3) is 0 Å². The Balaban J connectivity index is 2.01. The molecule has 2 aromatic carbocycles. The maximum atomic E-state index is 12.1. The third-order valence-electron chi connectivity index (χ3n) is 2.89. The number of carbonyl (C=O) groups excluding carboxylic acids is 1. The summed E-state index contributed by atoms with van der Waals surface area (Å²) in [7, 11) is -4.79. The second kappa shape index (κ2) is 7.25. The molecule has 1 amide bonds. The number of benzene rings is 2. The van der Waals surface area contributed by atoms with Crippen molar-refractivity contribution in [2.24, 2.45) is 0 Å². The number of rotatable bonds is 5. The Morgan fingerprint density at radius 3 is 2.39 bits per heavy atom. The molecule has 0 saturated carbocycles. The molecule has 0 radical (unpaired) electrons. The van der Waals surface area contributed by atoms with E-state index in [1.54, 1.807) is 24.3 Å². The van der Waals surface area contributed by atoms with Gasteiger partial charge in [0.15, 0.2) is 9.84 Å². The smallest absolute Gasteiger partial charge is 0.237 e. The van der Waals surface area contributed by atoms with Crippen molar-refractivity contribution in [3.63, 3.8) is 0 Å². The molecule has 0 bridgehead atoms. The lowest BCUT2D eigenvalue weighted by molar-refractivity contribution is -0.113. The molecule has 122 valence electrons. The van der Waals surface area contributed by atoms with Crippen LogP contribution in [0.3, 0.4) is 0 Å². The van der Waals surface area contributed by atoms with E-state index in [1.165, 1.54) is 24.3 Å². The van der Waals surface area contributed by atoms with Crippen LogP contribution in [0.15, 0.2) is 58.3 Å². The van der Waals surface area contributed by atoms with Gasteiger partial charge in [0, 0.05) is 21.9 Å². The largest absolute Gasteiger partial charge is 0.325 e. The Morgan fingerprint density at radius 2 is 1.83 bits per heavy atom. The van der Waals surface area contributed by atoms with Gasteiger partial charge in [-0.2, -0.15) is 0 Å². The zero-order chi connectivity index (χ0) is 17.0. The second-order valence-electron chi connectivity index (χ2n) is 4.79. The van der Waals surface area contributed by atoms with E-state index >= 15 is 0 Å². The number of nitrogens with one attached hydrogen (secondary N) is 1. The maximum absolute atomic E-state index is 12.1. The van der Waals surface area contributed by atoms with E-state index in [-0.39, 0.29) is 10.6 Å². The summed E-state index contributed by atoms with van der Waals surface area (Å²) in [4.78, 5) is 12.5. The van der Waals surface area contributed by atoms with Crippen LogP contribution in [-0.4, -0.2) is 30.5 Å². The molecule has 1 N–H and O–H groups in total. The highest BCUT2D eigenvalue weighted by molar-refractivity contribution is 7.90. The summed E-state index contributed by atoms with van der Waals surface area (Å²) in [5.41, 5.74) is 0.436. The molecule has 0 aliphatic rings. The predicted octanol–water partition coefficient (Wildman–Crippen LogP) is 2.49. The number of hydrogen-bond acceptors (Lipinski definition) is 4. The van der Waals surface area contributed by atoms with Gasteiger partial charge in [-0.05, 0) is 42.5 Å². The number of sulfone groups is 1. The highest BCUT2D eigenvalue weighted by atomic mass is 35.5. The Kier molecular flexibility index (Phi) is 5.56. The molecule has 0 unspecified atom stereocenters. The van der Waals surface area contributed by atoms with Crippen LogP contribution in [0.5, 0.6) is 0 Å². The number of anilines is 1. The minimum absolute atomic E-state index is 0.165. The molecule has 23 heavy (non-hydrogen) atoms. The van der Waals surface area contributed by atoms with E-state index in [1.807, 2.05) is 0 Å². The molecule has 2 aromatic rings. The fourth-order valence-corrected chi connectivity index (χ4v) is 3.64. The van der Waals surface area contributed by atoms with Crippen LogP contribution < -0.4 is 5.32 Å². The average Bonchev–Trinajstić information content (AvgIpc) is 2.46. The van der Waals surface area contributed by atoms with Crippen LogP contribution in [0.2, 0.25) is 5.02 Å². The zero-order valence-corrected chi connectivity index (χ0v) is 14.5. The Hall–Kier alpha value is -1.70. The lowest BCUT2D eigenvalue weighted by Gasteiger charge is -2.06. The summed E-state index contributed by atoms with van der Waals surface area (Å²) in [6, 6.07) is 12.3. The fraction of sp³-hybridized carbons (Fsp3) is 0.133. The first-order chi connectivity index (χ1) is 10.8. The zero-order valence-electron chi connectivity index (χ0n) is 12.2. The van der Waals surface area contributed by atoms with Crippen molar-refractivity contribution in [3.05, 3.63) is 53.6 Å². The summed E-state index contributed by atoms with van der Waals surface area (Å²) < 4.78 is 34.8. The summed E-state index contributed by atoms with van der Waals surface area (Å²) in [6.45, 7) is 0. The molecule has 0 aromatic heterocycles. The number of amides is 1. The van der Waals surface area contributed by atoms with Crippen molar-refractivity contribution in [3.8, 4) is 0 Å². The van der Waals surface area contributed by atoms with Crippen molar-refractivity contribution < 1.29 is 17.4 Å². The quantitative estimate of drug-likeness (QED) is 0.875. The van der Waals surface area contributed by atoms with E-state index in [9.17, 15) is 17.4 Å². The standard InChI is InChI=1S/C15H14ClNO4S2/c1-23(20,21)14-7-5-12(6-8-14)17-15(18)10-22(19)13-4-2-3-11(16)9-13/h2-9H,10H2,1H3,(H,17,18)/t22-/m0/s1. The van der Waals surface area contributed by atoms with Gasteiger partial charge in [0.25, 0.3) is 0 Å². The second-order valence-corrected chi connectivity index (χ2v) is 8.70. The Bertz CT molecular complexity index is 848. The minimum atomic E-state index is -3.28. The van der Waals surface area contributed by atoms with Crippen molar-refractivity contribution in [2.45, 2.75) is 9.79 Å². The van der Waals surface area contributed by atoms with Crippen molar-refractivity contribution in [2.75, 3.05) is 17.3 Å². The summed E-state index contributed by atoms with van der Waals surface area (Å²) in [5, 5.41) is 3.03. The lowest BCUT2D eigenvalue weighted by atomic mass is 10.3. The number of carbonyl (C=O) groups is 1. The molecule has 0 fully saturated rings. The fourth-order valence-electron chi connectivity index (χ4n) is 1.79. The van der Waals surface area contributed by atoms with Gasteiger partial charge in [0.2, 0.25) is 5.91 Å². The van der Waals surface area contributed by atoms with Crippen LogP contribution in [0, 0.1) is 0 Å². The van der Waals surface area contributed by atoms with Gasteiger partial charge in [-0.15, -0.1) is 0 Å². The van der Waals surface area contributed by atoms with E-state index in [0.717, 1.165) is 6.26 Å². The summed E-state index contributed by atoms with van der Waals surface area (Å²) in [5.74, 6) is -0.649. The van der Waals surface area contributed by atoms with Gasteiger partial charge in [-0.1, -0.05) is 17.7 Å². The topological polar surface area (TPSA) is 80.3 Å². The van der Waals surface area contributed by atoms with Crippen LogP contribution in [0.1, 0.15) is 0 Å². The van der Waals surface area contributed by atoms with Gasteiger partial charge in [0.1, 0.15) is 5.75 Å². The van der Waals surface area contributed by atoms with Crippen molar-refractivity contribution in [1.82, 2.24) is 0 Å².